The standard InChI is InChI=1S/C31H36N2O3S/c1-5-21-17-22-15-16-33(37-26-11-8-24(34-3)9-12-26)30(28(22)19-31(21)36-6-2)14-7-23-20-32-29-13-10-25(35-4)18-27(23)29/h8-13,17-20,30,32H,5-7,14-16H2,1-4H3. The minimum absolute atomic E-state index is 0.275. The summed E-state index contributed by atoms with van der Waals surface area (Å²) in [6.45, 7) is 5.96. The number of fused-ring (bicyclic) bond motifs is 2. The maximum atomic E-state index is 6.10. The van der Waals surface area contributed by atoms with Crippen LogP contribution in [0.5, 0.6) is 17.2 Å². The molecule has 1 aliphatic rings. The Labute approximate surface area is 224 Å². The van der Waals surface area contributed by atoms with Crippen molar-refractivity contribution in [3.8, 4) is 17.2 Å². The minimum Gasteiger partial charge on any atom is -0.497 e. The summed E-state index contributed by atoms with van der Waals surface area (Å²) in [6, 6.07) is 19.6. The summed E-state index contributed by atoms with van der Waals surface area (Å²) in [5, 5.41) is 1.24. The molecule has 0 spiro atoms. The van der Waals surface area contributed by atoms with E-state index in [0.717, 1.165) is 55.0 Å². The van der Waals surface area contributed by atoms with Crippen molar-refractivity contribution < 1.29 is 14.2 Å². The first-order valence-electron chi connectivity index (χ1n) is 13.1. The van der Waals surface area contributed by atoms with E-state index in [4.69, 9.17) is 14.2 Å². The molecule has 1 N–H and O–H groups in total. The lowest BCUT2D eigenvalue weighted by atomic mass is 9.88. The van der Waals surface area contributed by atoms with Crippen molar-refractivity contribution in [1.82, 2.24) is 9.29 Å². The van der Waals surface area contributed by atoms with Crippen molar-refractivity contribution in [1.29, 1.82) is 0 Å². The van der Waals surface area contributed by atoms with Gasteiger partial charge in [-0.2, -0.15) is 0 Å². The summed E-state index contributed by atoms with van der Waals surface area (Å²) < 4.78 is 19.5. The van der Waals surface area contributed by atoms with E-state index < -0.39 is 0 Å². The average Bonchev–Trinajstić information content (AvgIpc) is 3.34. The number of aromatic nitrogens is 1. The molecule has 0 bridgehead atoms. The Balaban J connectivity index is 1.47. The predicted molar refractivity (Wildman–Crippen MR) is 152 cm³/mol. The Hall–Kier alpha value is -3.09. The summed E-state index contributed by atoms with van der Waals surface area (Å²) in [6.07, 6.45) is 6.15. The number of nitrogens with zero attached hydrogens (tertiary/aromatic N) is 1. The third kappa shape index (κ3) is 5.46. The van der Waals surface area contributed by atoms with Crippen LogP contribution in [0.25, 0.3) is 10.9 Å². The molecule has 1 aliphatic heterocycles. The Morgan fingerprint density at radius 1 is 0.946 bits per heavy atom. The molecule has 0 radical (unpaired) electrons. The molecule has 0 saturated carbocycles. The molecule has 194 valence electrons. The second-order valence-corrected chi connectivity index (χ2v) is 10.5. The van der Waals surface area contributed by atoms with E-state index in [1.54, 1.807) is 14.2 Å². The fraction of sp³-hybridized carbons (Fsp3) is 0.355. The lowest BCUT2D eigenvalue weighted by molar-refractivity contribution is 0.313. The molecule has 6 heteroatoms. The zero-order chi connectivity index (χ0) is 25.8. The number of aryl methyl sites for hydroxylation is 2. The number of rotatable bonds is 10. The van der Waals surface area contributed by atoms with Gasteiger partial charge in [-0.25, -0.2) is 4.31 Å². The number of ether oxygens (including phenoxy) is 3. The molecule has 1 unspecified atom stereocenters. The highest BCUT2D eigenvalue weighted by Gasteiger charge is 2.30. The number of benzene rings is 3. The highest BCUT2D eigenvalue weighted by Crippen LogP contribution is 2.43. The zero-order valence-corrected chi connectivity index (χ0v) is 23.0. The first-order chi connectivity index (χ1) is 18.1. The van der Waals surface area contributed by atoms with Crippen LogP contribution >= 0.6 is 11.9 Å². The van der Waals surface area contributed by atoms with E-state index in [1.807, 2.05) is 30.1 Å². The van der Waals surface area contributed by atoms with Gasteiger partial charge in [0.25, 0.3) is 0 Å². The highest BCUT2D eigenvalue weighted by atomic mass is 32.2. The van der Waals surface area contributed by atoms with Crippen molar-refractivity contribution in [3.05, 3.63) is 83.0 Å². The second kappa shape index (κ2) is 11.5. The summed E-state index contributed by atoms with van der Waals surface area (Å²) in [4.78, 5) is 4.67. The predicted octanol–water partition coefficient (Wildman–Crippen LogP) is 7.39. The van der Waals surface area contributed by atoms with Crippen LogP contribution in [0.3, 0.4) is 0 Å². The Kier molecular flexibility index (Phi) is 7.96. The van der Waals surface area contributed by atoms with Gasteiger partial charge in [0.05, 0.1) is 20.8 Å². The molecular weight excluding hydrogens is 480 g/mol. The van der Waals surface area contributed by atoms with Gasteiger partial charge in [0, 0.05) is 34.6 Å². The van der Waals surface area contributed by atoms with Gasteiger partial charge in [0.2, 0.25) is 0 Å². The van der Waals surface area contributed by atoms with Gasteiger partial charge < -0.3 is 19.2 Å². The third-order valence-electron chi connectivity index (χ3n) is 7.26. The van der Waals surface area contributed by atoms with E-state index in [1.165, 1.54) is 32.5 Å². The molecule has 3 aromatic carbocycles. The van der Waals surface area contributed by atoms with Crippen molar-refractivity contribution in [2.24, 2.45) is 0 Å². The van der Waals surface area contributed by atoms with E-state index in [2.05, 4.69) is 65.7 Å². The van der Waals surface area contributed by atoms with Gasteiger partial charge in [-0.15, -0.1) is 0 Å². The second-order valence-electron chi connectivity index (χ2n) is 9.38. The maximum Gasteiger partial charge on any atom is 0.122 e. The number of methoxy groups -OCH3 is 2. The molecule has 37 heavy (non-hydrogen) atoms. The Morgan fingerprint density at radius 2 is 1.73 bits per heavy atom. The number of hydrogen-bond acceptors (Lipinski definition) is 5. The van der Waals surface area contributed by atoms with Crippen LogP contribution in [0.1, 0.15) is 48.6 Å². The minimum atomic E-state index is 0.275. The third-order valence-corrected chi connectivity index (χ3v) is 8.41. The normalized spacial score (nSPS) is 15.5. The molecule has 4 aromatic rings. The van der Waals surface area contributed by atoms with Gasteiger partial charge in [0.1, 0.15) is 17.2 Å². The van der Waals surface area contributed by atoms with E-state index in [-0.39, 0.29) is 6.04 Å². The van der Waals surface area contributed by atoms with Crippen molar-refractivity contribution >= 4 is 22.9 Å². The zero-order valence-electron chi connectivity index (χ0n) is 22.2. The average molecular weight is 517 g/mol. The maximum absolute atomic E-state index is 6.10. The molecule has 0 saturated heterocycles. The molecule has 5 nitrogen and oxygen atoms in total. The fourth-order valence-corrected chi connectivity index (χ4v) is 6.35. The van der Waals surface area contributed by atoms with Crippen LogP contribution in [-0.2, 0) is 19.3 Å². The monoisotopic (exact) mass is 516 g/mol. The van der Waals surface area contributed by atoms with Crippen LogP contribution < -0.4 is 14.2 Å². The van der Waals surface area contributed by atoms with Gasteiger partial charge in [0.15, 0.2) is 0 Å². The van der Waals surface area contributed by atoms with Crippen molar-refractivity contribution in [2.45, 2.75) is 50.5 Å². The van der Waals surface area contributed by atoms with Gasteiger partial charge in [-0.1, -0.05) is 13.0 Å². The molecule has 2 heterocycles. The van der Waals surface area contributed by atoms with Crippen molar-refractivity contribution in [3.63, 3.8) is 0 Å². The molecule has 5 rings (SSSR count). The lowest BCUT2D eigenvalue weighted by Gasteiger charge is -2.37. The molecule has 1 aromatic heterocycles. The van der Waals surface area contributed by atoms with E-state index in [9.17, 15) is 0 Å². The fourth-order valence-electron chi connectivity index (χ4n) is 5.29. The van der Waals surface area contributed by atoms with Crippen molar-refractivity contribution in [2.75, 3.05) is 27.4 Å². The molecule has 0 aliphatic carbocycles. The first-order valence-corrected chi connectivity index (χ1v) is 13.9. The quantitative estimate of drug-likeness (QED) is 0.223. The van der Waals surface area contributed by atoms with Gasteiger partial charge >= 0.3 is 0 Å². The summed E-state index contributed by atoms with van der Waals surface area (Å²) >= 11 is 1.84. The van der Waals surface area contributed by atoms with Crippen LogP contribution in [0.2, 0.25) is 0 Å². The molecular formula is C31H36N2O3S. The number of H-pyrrole nitrogens is 1. The molecule has 0 amide bonds. The smallest absolute Gasteiger partial charge is 0.122 e. The molecule has 0 fully saturated rings. The Bertz CT molecular complexity index is 1350. The van der Waals surface area contributed by atoms with E-state index >= 15 is 0 Å². The number of hydrogen-bond donors (Lipinski definition) is 1. The Morgan fingerprint density at radius 3 is 2.46 bits per heavy atom. The SMILES string of the molecule is CCOc1cc2c(cc1CC)CCN(Sc1ccc(OC)cc1)C2CCc1c[nH]c2ccc(OC)cc12. The summed E-state index contributed by atoms with van der Waals surface area (Å²) in [5.41, 5.74) is 6.63. The van der Waals surface area contributed by atoms with Gasteiger partial charge in [-0.05, 0) is 115 Å². The first kappa shape index (κ1) is 25.6. The summed E-state index contributed by atoms with van der Waals surface area (Å²) in [7, 11) is 3.43. The summed E-state index contributed by atoms with van der Waals surface area (Å²) in [5.74, 6) is 2.80. The number of aromatic amines is 1. The topological polar surface area (TPSA) is 46.7 Å². The van der Waals surface area contributed by atoms with E-state index in [0.29, 0.717) is 6.61 Å². The van der Waals surface area contributed by atoms with Gasteiger partial charge in [-0.3, -0.25) is 0 Å². The molecule has 1 atom stereocenters. The van der Waals surface area contributed by atoms with Crippen LogP contribution in [0.4, 0.5) is 0 Å². The van der Waals surface area contributed by atoms with Crippen LogP contribution in [0, 0.1) is 0 Å². The lowest BCUT2D eigenvalue weighted by Crippen LogP contribution is -2.31. The van der Waals surface area contributed by atoms with Crippen LogP contribution in [-0.4, -0.2) is 36.7 Å². The highest BCUT2D eigenvalue weighted by molar-refractivity contribution is 7.97. The number of nitrogens with one attached hydrogen (secondary N) is 1. The largest absolute Gasteiger partial charge is 0.497 e. The van der Waals surface area contributed by atoms with Crippen LogP contribution in [0.15, 0.2) is 65.7 Å².